The second kappa shape index (κ2) is 7.39. The van der Waals surface area contributed by atoms with Gasteiger partial charge in [0.05, 0.1) is 26.9 Å². The van der Waals surface area contributed by atoms with Crippen molar-refractivity contribution < 1.29 is 18.7 Å². The van der Waals surface area contributed by atoms with Gasteiger partial charge in [0.15, 0.2) is 11.5 Å². The Morgan fingerprint density at radius 3 is 2.19 bits per heavy atom. The monoisotopic (exact) mass is 354 g/mol. The fourth-order valence-corrected chi connectivity index (χ4v) is 2.81. The lowest BCUT2D eigenvalue weighted by Gasteiger charge is -2.15. The van der Waals surface area contributed by atoms with E-state index in [4.69, 9.17) is 18.7 Å². The lowest BCUT2D eigenvalue weighted by Crippen LogP contribution is -2.07. The number of anilines is 1. The molecule has 0 fully saturated rings. The maximum absolute atomic E-state index is 5.56. The normalized spacial score (nSPS) is 10.5. The molecule has 0 aliphatic heterocycles. The van der Waals surface area contributed by atoms with E-state index in [0.717, 1.165) is 22.4 Å². The first-order valence-electron chi connectivity index (χ1n) is 8.11. The van der Waals surface area contributed by atoms with Crippen molar-refractivity contribution >= 4 is 5.69 Å². The molecule has 26 heavy (non-hydrogen) atoms. The summed E-state index contributed by atoms with van der Waals surface area (Å²) in [5.41, 5.74) is 4.38. The summed E-state index contributed by atoms with van der Waals surface area (Å²) in [5, 5.41) is 4.20. The van der Waals surface area contributed by atoms with Crippen molar-refractivity contribution in [3.05, 3.63) is 42.7 Å². The molecule has 0 spiro atoms. The number of benzene rings is 2. The first kappa shape index (κ1) is 17.7. The highest BCUT2D eigenvalue weighted by atomic mass is 16.5. The van der Waals surface area contributed by atoms with E-state index in [-0.39, 0.29) is 0 Å². The van der Waals surface area contributed by atoms with E-state index in [1.165, 1.54) is 0 Å². The Bertz CT molecular complexity index is 885. The van der Waals surface area contributed by atoms with Gasteiger partial charge in [-0.05, 0) is 23.8 Å². The minimum absolute atomic E-state index is 0.568. The van der Waals surface area contributed by atoms with Crippen LogP contribution >= 0.6 is 0 Å². The largest absolute Gasteiger partial charge is 0.497 e. The molecule has 0 saturated carbocycles. The molecule has 2 aromatic carbocycles. The SMILES string of the molecule is COc1cc(OC)c(OC)c(-c2nocc2-c2ccc(N(C)C)cc2)c1. The average Bonchev–Trinajstić information content (AvgIpc) is 3.16. The van der Waals surface area contributed by atoms with Crippen molar-refractivity contribution in [3.8, 4) is 39.6 Å². The van der Waals surface area contributed by atoms with E-state index in [1.807, 2.05) is 37.2 Å². The predicted octanol–water partition coefficient (Wildman–Crippen LogP) is 4.10. The Balaban J connectivity index is 2.14. The first-order chi connectivity index (χ1) is 12.6. The molecule has 0 aliphatic rings. The van der Waals surface area contributed by atoms with Crippen LogP contribution in [0, 0.1) is 0 Å². The average molecular weight is 354 g/mol. The fourth-order valence-electron chi connectivity index (χ4n) is 2.81. The molecule has 0 radical (unpaired) electrons. The molecule has 1 aromatic heterocycles. The van der Waals surface area contributed by atoms with Gasteiger partial charge in [-0.25, -0.2) is 0 Å². The molecule has 0 saturated heterocycles. The van der Waals surface area contributed by atoms with Crippen molar-refractivity contribution in [2.45, 2.75) is 0 Å². The van der Waals surface area contributed by atoms with E-state index in [9.17, 15) is 0 Å². The summed E-state index contributed by atoms with van der Waals surface area (Å²) in [4.78, 5) is 2.05. The summed E-state index contributed by atoms with van der Waals surface area (Å²) in [5.74, 6) is 1.79. The quantitative estimate of drug-likeness (QED) is 0.664. The molecule has 6 nitrogen and oxygen atoms in total. The fraction of sp³-hybridized carbons (Fsp3) is 0.250. The van der Waals surface area contributed by atoms with E-state index in [1.54, 1.807) is 33.7 Å². The Labute approximate surface area is 152 Å². The maximum Gasteiger partial charge on any atom is 0.170 e. The maximum atomic E-state index is 5.56. The lowest BCUT2D eigenvalue weighted by atomic mass is 10.00. The van der Waals surface area contributed by atoms with Gasteiger partial charge in [0, 0.05) is 31.4 Å². The standard InChI is InChI=1S/C20H22N2O4/c1-22(2)14-8-6-13(7-9-14)17-12-26-21-19(17)16-10-15(23-3)11-18(24-4)20(16)25-5/h6-12H,1-5H3. The number of methoxy groups -OCH3 is 3. The van der Waals surface area contributed by atoms with Gasteiger partial charge in [-0.2, -0.15) is 0 Å². The molecule has 136 valence electrons. The molecule has 1 heterocycles. The van der Waals surface area contributed by atoms with Crippen LogP contribution in [0.5, 0.6) is 17.2 Å². The van der Waals surface area contributed by atoms with E-state index >= 15 is 0 Å². The highest BCUT2D eigenvalue weighted by molar-refractivity contribution is 5.85. The Morgan fingerprint density at radius 2 is 1.62 bits per heavy atom. The second-order valence-electron chi connectivity index (χ2n) is 5.93. The van der Waals surface area contributed by atoms with Crippen molar-refractivity contribution in [3.63, 3.8) is 0 Å². The summed E-state index contributed by atoms with van der Waals surface area (Å²) in [6.45, 7) is 0. The number of hydrogen-bond donors (Lipinski definition) is 0. The van der Waals surface area contributed by atoms with Crippen molar-refractivity contribution in [2.75, 3.05) is 40.3 Å². The van der Waals surface area contributed by atoms with Crippen molar-refractivity contribution in [2.24, 2.45) is 0 Å². The zero-order chi connectivity index (χ0) is 18.7. The minimum Gasteiger partial charge on any atom is -0.497 e. The molecular weight excluding hydrogens is 332 g/mol. The smallest absolute Gasteiger partial charge is 0.170 e. The lowest BCUT2D eigenvalue weighted by molar-refractivity contribution is 0.349. The van der Waals surface area contributed by atoms with Crippen LogP contribution < -0.4 is 19.1 Å². The van der Waals surface area contributed by atoms with Crippen molar-refractivity contribution in [1.82, 2.24) is 5.16 Å². The topological polar surface area (TPSA) is 57.0 Å². The Kier molecular flexibility index (Phi) is 5.02. The summed E-state index contributed by atoms with van der Waals surface area (Å²) in [6, 6.07) is 11.8. The Morgan fingerprint density at radius 1 is 0.885 bits per heavy atom. The molecule has 0 atom stereocenters. The molecule has 6 heteroatoms. The van der Waals surface area contributed by atoms with Gasteiger partial charge in [-0.1, -0.05) is 17.3 Å². The zero-order valence-corrected chi connectivity index (χ0v) is 15.6. The van der Waals surface area contributed by atoms with E-state index in [2.05, 4.69) is 17.3 Å². The molecule has 0 amide bonds. The van der Waals surface area contributed by atoms with Gasteiger partial charge in [-0.3, -0.25) is 0 Å². The first-order valence-corrected chi connectivity index (χ1v) is 8.11. The van der Waals surface area contributed by atoms with Crippen LogP contribution in [0.3, 0.4) is 0 Å². The van der Waals surface area contributed by atoms with Crippen LogP contribution in [0.15, 0.2) is 47.2 Å². The molecule has 0 N–H and O–H groups in total. The number of aromatic nitrogens is 1. The molecule has 0 unspecified atom stereocenters. The molecule has 0 bridgehead atoms. The summed E-state index contributed by atoms with van der Waals surface area (Å²) in [6.07, 6.45) is 1.63. The van der Waals surface area contributed by atoms with Gasteiger partial charge in [0.2, 0.25) is 0 Å². The molecule has 3 rings (SSSR count). The number of ether oxygens (including phenoxy) is 3. The van der Waals surface area contributed by atoms with E-state index in [0.29, 0.717) is 22.9 Å². The van der Waals surface area contributed by atoms with Gasteiger partial charge in [0.1, 0.15) is 17.7 Å². The number of hydrogen-bond acceptors (Lipinski definition) is 6. The third-order valence-corrected chi connectivity index (χ3v) is 4.21. The summed E-state index contributed by atoms with van der Waals surface area (Å²) in [7, 11) is 8.80. The van der Waals surface area contributed by atoms with Gasteiger partial charge in [-0.15, -0.1) is 0 Å². The van der Waals surface area contributed by atoms with Gasteiger partial charge < -0.3 is 23.6 Å². The highest BCUT2D eigenvalue weighted by Gasteiger charge is 2.21. The molecule has 0 aliphatic carbocycles. The van der Waals surface area contributed by atoms with Crippen LogP contribution in [0.1, 0.15) is 0 Å². The zero-order valence-electron chi connectivity index (χ0n) is 15.6. The molecular formula is C20H22N2O4. The molecule has 3 aromatic rings. The van der Waals surface area contributed by atoms with Crippen LogP contribution in [-0.4, -0.2) is 40.6 Å². The van der Waals surface area contributed by atoms with Crippen LogP contribution in [0.2, 0.25) is 0 Å². The van der Waals surface area contributed by atoms with E-state index < -0.39 is 0 Å². The van der Waals surface area contributed by atoms with Crippen molar-refractivity contribution in [1.29, 1.82) is 0 Å². The summed E-state index contributed by atoms with van der Waals surface area (Å²) >= 11 is 0. The second-order valence-corrected chi connectivity index (χ2v) is 5.93. The van der Waals surface area contributed by atoms with Crippen LogP contribution in [0.4, 0.5) is 5.69 Å². The predicted molar refractivity (Wildman–Crippen MR) is 101 cm³/mol. The van der Waals surface area contributed by atoms with Crippen LogP contribution in [-0.2, 0) is 0 Å². The third-order valence-electron chi connectivity index (χ3n) is 4.21. The third kappa shape index (κ3) is 3.18. The highest BCUT2D eigenvalue weighted by Crippen LogP contribution is 2.44. The summed E-state index contributed by atoms with van der Waals surface area (Å²) < 4.78 is 21.7. The van der Waals surface area contributed by atoms with Gasteiger partial charge in [0.25, 0.3) is 0 Å². The van der Waals surface area contributed by atoms with Crippen LogP contribution in [0.25, 0.3) is 22.4 Å². The Hall–Kier alpha value is -3.15. The minimum atomic E-state index is 0.568. The number of rotatable bonds is 6. The van der Waals surface area contributed by atoms with Gasteiger partial charge >= 0.3 is 0 Å². The number of nitrogens with zero attached hydrogens (tertiary/aromatic N) is 2.